The van der Waals surface area contributed by atoms with E-state index in [0.717, 1.165) is 18.9 Å². The van der Waals surface area contributed by atoms with Gasteiger partial charge in [0.05, 0.1) is 12.1 Å². The van der Waals surface area contributed by atoms with E-state index in [1.54, 1.807) is 0 Å². The Hall–Kier alpha value is -0.550. The Bertz CT molecular complexity index is 125. The van der Waals surface area contributed by atoms with Crippen LogP contribution < -0.4 is 5.32 Å². The van der Waals surface area contributed by atoms with Crippen LogP contribution in [0, 0.1) is 17.2 Å². The van der Waals surface area contributed by atoms with Gasteiger partial charge in [0.25, 0.3) is 0 Å². The van der Waals surface area contributed by atoms with Crippen LogP contribution in [-0.4, -0.2) is 12.6 Å². The van der Waals surface area contributed by atoms with Crippen molar-refractivity contribution >= 4 is 0 Å². The van der Waals surface area contributed by atoms with Gasteiger partial charge in [-0.2, -0.15) is 5.26 Å². The Labute approximate surface area is 55.9 Å². The van der Waals surface area contributed by atoms with Crippen LogP contribution in [0.25, 0.3) is 0 Å². The third-order valence-electron chi connectivity index (χ3n) is 1.82. The summed E-state index contributed by atoms with van der Waals surface area (Å²) < 4.78 is 0. The normalized spacial score (nSPS) is 35.6. The van der Waals surface area contributed by atoms with Gasteiger partial charge in [-0.3, -0.25) is 0 Å². The number of nitrogens with one attached hydrogen (secondary N) is 1. The molecule has 0 bridgehead atoms. The number of hydrogen-bond acceptors (Lipinski definition) is 2. The highest BCUT2D eigenvalue weighted by Gasteiger charge is 2.16. The number of nitriles is 1. The summed E-state index contributed by atoms with van der Waals surface area (Å²) in [5.74, 6) is 0.732. The molecule has 0 aromatic rings. The molecule has 1 aliphatic heterocycles. The van der Waals surface area contributed by atoms with Crippen molar-refractivity contribution in [1.82, 2.24) is 5.32 Å². The number of rotatable bonds is 0. The highest BCUT2D eigenvalue weighted by Crippen LogP contribution is 2.13. The van der Waals surface area contributed by atoms with Crippen LogP contribution in [0.1, 0.15) is 19.8 Å². The molecule has 2 atom stereocenters. The molecule has 1 N–H and O–H groups in total. The second kappa shape index (κ2) is 2.84. The summed E-state index contributed by atoms with van der Waals surface area (Å²) in [6.45, 7) is 3.21. The lowest BCUT2D eigenvalue weighted by molar-refractivity contribution is 0.361. The molecule has 1 saturated heterocycles. The SMILES string of the molecule is CC1CCNC(C#N)C1. The predicted octanol–water partition coefficient (Wildman–Crippen LogP) is 0.898. The monoisotopic (exact) mass is 124 g/mol. The summed E-state index contributed by atoms with van der Waals surface area (Å²) in [5, 5.41) is 11.6. The fraction of sp³-hybridized carbons (Fsp3) is 0.857. The molecule has 1 fully saturated rings. The van der Waals surface area contributed by atoms with Gasteiger partial charge in [0.1, 0.15) is 0 Å². The fourth-order valence-electron chi connectivity index (χ4n) is 1.21. The summed E-state index contributed by atoms with van der Waals surface area (Å²) in [6, 6.07) is 2.34. The van der Waals surface area contributed by atoms with Gasteiger partial charge in [-0.05, 0) is 25.3 Å². The molecule has 1 aliphatic rings. The zero-order valence-electron chi connectivity index (χ0n) is 5.72. The van der Waals surface area contributed by atoms with E-state index in [-0.39, 0.29) is 6.04 Å². The van der Waals surface area contributed by atoms with E-state index >= 15 is 0 Å². The average molecular weight is 124 g/mol. The number of nitrogens with zero attached hydrogens (tertiary/aromatic N) is 1. The number of hydrogen-bond donors (Lipinski definition) is 1. The maximum absolute atomic E-state index is 8.50. The topological polar surface area (TPSA) is 35.8 Å². The van der Waals surface area contributed by atoms with Crippen molar-refractivity contribution in [3.8, 4) is 6.07 Å². The highest BCUT2D eigenvalue weighted by molar-refractivity contribution is 4.93. The van der Waals surface area contributed by atoms with Crippen molar-refractivity contribution in [2.45, 2.75) is 25.8 Å². The van der Waals surface area contributed by atoms with Gasteiger partial charge < -0.3 is 5.32 Å². The Morgan fingerprint density at radius 1 is 1.67 bits per heavy atom. The van der Waals surface area contributed by atoms with E-state index in [0.29, 0.717) is 0 Å². The van der Waals surface area contributed by atoms with Crippen molar-refractivity contribution in [3.63, 3.8) is 0 Å². The highest BCUT2D eigenvalue weighted by atomic mass is 14.9. The summed E-state index contributed by atoms with van der Waals surface area (Å²) in [4.78, 5) is 0. The minimum absolute atomic E-state index is 0.119. The molecule has 0 radical (unpaired) electrons. The first-order chi connectivity index (χ1) is 4.33. The first kappa shape index (κ1) is 6.57. The molecule has 50 valence electrons. The first-order valence-electron chi connectivity index (χ1n) is 3.46. The van der Waals surface area contributed by atoms with Crippen molar-refractivity contribution in [3.05, 3.63) is 0 Å². The van der Waals surface area contributed by atoms with Crippen molar-refractivity contribution in [2.24, 2.45) is 5.92 Å². The molecule has 2 nitrogen and oxygen atoms in total. The molecule has 9 heavy (non-hydrogen) atoms. The molecule has 0 amide bonds. The van der Waals surface area contributed by atoms with Crippen LogP contribution in [-0.2, 0) is 0 Å². The van der Waals surface area contributed by atoms with Crippen LogP contribution in [0.5, 0.6) is 0 Å². The summed E-state index contributed by atoms with van der Waals surface area (Å²) >= 11 is 0. The predicted molar refractivity (Wildman–Crippen MR) is 35.8 cm³/mol. The lowest BCUT2D eigenvalue weighted by atomic mass is 9.95. The third kappa shape index (κ3) is 1.69. The van der Waals surface area contributed by atoms with Crippen LogP contribution in [0.2, 0.25) is 0 Å². The van der Waals surface area contributed by atoms with E-state index in [2.05, 4.69) is 18.3 Å². The summed E-state index contributed by atoms with van der Waals surface area (Å²) in [7, 11) is 0. The lowest BCUT2D eigenvalue weighted by Crippen LogP contribution is -2.35. The molecule has 0 saturated carbocycles. The van der Waals surface area contributed by atoms with E-state index < -0.39 is 0 Å². The van der Waals surface area contributed by atoms with E-state index in [4.69, 9.17) is 5.26 Å². The molecular formula is C7H12N2. The second-order valence-corrected chi connectivity index (χ2v) is 2.77. The van der Waals surface area contributed by atoms with Gasteiger partial charge >= 0.3 is 0 Å². The second-order valence-electron chi connectivity index (χ2n) is 2.77. The largest absolute Gasteiger partial charge is 0.302 e. The van der Waals surface area contributed by atoms with E-state index in [1.165, 1.54) is 6.42 Å². The Morgan fingerprint density at radius 2 is 2.44 bits per heavy atom. The van der Waals surface area contributed by atoms with Gasteiger partial charge in [-0.25, -0.2) is 0 Å². The summed E-state index contributed by atoms with van der Waals surface area (Å²) in [6.07, 6.45) is 2.24. The van der Waals surface area contributed by atoms with Crippen LogP contribution in [0.4, 0.5) is 0 Å². The quantitative estimate of drug-likeness (QED) is 0.520. The summed E-state index contributed by atoms with van der Waals surface area (Å²) in [5.41, 5.74) is 0. The smallest absolute Gasteiger partial charge is 0.0955 e. The van der Waals surface area contributed by atoms with Crippen molar-refractivity contribution < 1.29 is 0 Å². The third-order valence-corrected chi connectivity index (χ3v) is 1.82. The Balaban J connectivity index is 2.34. The van der Waals surface area contributed by atoms with Crippen molar-refractivity contribution in [1.29, 1.82) is 5.26 Å². The molecule has 2 heteroatoms. The Morgan fingerprint density at radius 3 is 2.89 bits per heavy atom. The van der Waals surface area contributed by atoms with Gasteiger partial charge in [0.2, 0.25) is 0 Å². The zero-order valence-corrected chi connectivity index (χ0v) is 5.72. The van der Waals surface area contributed by atoms with Crippen LogP contribution in [0.3, 0.4) is 0 Å². The van der Waals surface area contributed by atoms with Crippen LogP contribution >= 0.6 is 0 Å². The van der Waals surface area contributed by atoms with Gasteiger partial charge in [0.15, 0.2) is 0 Å². The molecule has 0 aliphatic carbocycles. The standard InChI is InChI=1S/C7H12N2/c1-6-2-3-9-7(4-6)5-8/h6-7,9H,2-4H2,1H3. The maximum Gasteiger partial charge on any atom is 0.0955 e. The average Bonchev–Trinajstić information content (AvgIpc) is 1.88. The minimum atomic E-state index is 0.119. The van der Waals surface area contributed by atoms with E-state index in [9.17, 15) is 0 Å². The maximum atomic E-state index is 8.50. The molecular weight excluding hydrogens is 112 g/mol. The van der Waals surface area contributed by atoms with Gasteiger partial charge in [-0.15, -0.1) is 0 Å². The molecule has 0 aromatic heterocycles. The molecule has 0 aromatic carbocycles. The lowest BCUT2D eigenvalue weighted by Gasteiger charge is -2.22. The van der Waals surface area contributed by atoms with Crippen LogP contribution in [0.15, 0.2) is 0 Å². The minimum Gasteiger partial charge on any atom is -0.302 e. The number of piperidine rings is 1. The van der Waals surface area contributed by atoms with E-state index in [1.807, 2.05) is 0 Å². The van der Waals surface area contributed by atoms with Crippen molar-refractivity contribution in [2.75, 3.05) is 6.54 Å². The van der Waals surface area contributed by atoms with Gasteiger partial charge in [0, 0.05) is 0 Å². The zero-order chi connectivity index (χ0) is 6.69. The molecule has 1 rings (SSSR count). The molecule has 0 spiro atoms. The van der Waals surface area contributed by atoms with Gasteiger partial charge in [-0.1, -0.05) is 6.92 Å². The first-order valence-corrected chi connectivity index (χ1v) is 3.46. The molecule has 1 heterocycles. The Kier molecular flexibility index (Phi) is 2.07. The molecule has 2 unspecified atom stereocenters. The fourth-order valence-corrected chi connectivity index (χ4v) is 1.21.